The number of benzene rings is 1. The Morgan fingerprint density at radius 2 is 2.00 bits per heavy atom. The third-order valence-corrected chi connectivity index (χ3v) is 5.82. The molecule has 3 heterocycles. The lowest BCUT2D eigenvalue weighted by atomic mass is 10.1. The van der Waals surface area contributed by atoms with Gasteiger partial charge in [0, 0.05) is 38.3 Å². The lowest BCUT2D eigenvalue weighted by Gasteiger charge is -2.35. The van der Waals surface area contributed by atoms with Crippen molar-refractivity contribution in [3.63, 3.8) is 0 Å². The van der Waals surface area contributed by atoms with Crippen molar-refractivity contribution in [1.82, 2.24) is 15.1 Å². The summed E-state index contributed by atoms with van der Waals surface area (Å²) in [6, 6.07) is 11.4. The van der Waals surface area contributed by atoms with Gasteiger partial charge in [0.05, 0.1) is 19.1 Å². The van der Waals surface area contributed by atoms with Crippen LogP contribution in [0.15, 0.2) is 30.3 Å². The molecule has 1 N–H and O–H groups in total. The number of rotatable bonds is 4. The molecule has 3 saturated heterocycles. The standard InChI is InChI=1S/C20H29N3O2/c24-20(23-17-6-7-18(23)13-21-9-8-17)12-19-15-22(10-11-25-19)14-16-4-2-1-3-5-16/h1-5,17-19,21H,6-15H2. The molecule has 3 fully saturated rings. The van der Waals surface area contributed by atoms with E-state index in [4.69, 9.17) is 4.74 Å². The fraction of sp³-hybridized carbons (Fsp3) is 0.650. The van der Waals surface area contributed by atoms with Gasteiger partial charge in [0.15, 0.2) is 0 Å². The maximum absolute atomic E-state index is 12.9. The predicted octanol–water partition coefficient (Wildman–Crippen LogP) is 1.63. The highest BCUT2D eigenvalue weighted by Crippen LogP contribution is 2.29. The van der Waals surface area contributed by atoms with Crippen molar-refractivity contribution < 1.29 is 9.53 Å². The number of carbonyl (C=O) groups excluding carboxylic acids is 1. The van der Waals surface area contributed by atoms with Crippen LogP contribution in [0.3, 0.4) is 0 Å². The number of nitrogens with one attached hydrogen (secondary N) is 1. The van der Waals surface area contributed by atoms with E-state index in [1.54, 1.807) is 0 Å². The summed E-state index contributed by atoms with van der Waals surface area (Å²) in [5.41, 5.74) is 1.33. The average molecular weight is 343 g/mol. The molecule has 0 saturated carbocycles. The molecule has 25 heavy (non-hydrogen) atoms. The summed E-state index contributed by atoms with van der Waals surface area (Å²) < 4.78 is 5.92. The van der Waals surface area contributed by atoms with Crippen molar-refractivity contribution in [3.8, 4) is 0 Å². The Morgan fingerprint density at radius 3 is 2.88 bits per heavy atom. The van der Waals surface area contributed by atoms with Gasteiger partial charge in [-0.3, -0.25) is 9.69 Å². The molecular weight excluding hydrogens is 314 g/mol. The zero-order valence-corrected chi connectivity index (χ0v) is 14.9. The summed E-state index contributed by atoms with van der Waals surface area (Å²) in [5, 5.41) is 3.47. The van der Waals surface area contributed by atoms with Crippen LogP contribution in [-0.2, 0) is 16.1 Å². The van der Waals surface area contributed by atoms with Crippen molar-refractivity contribution in [2.45, 2.75) is 50.4 Å². The van der Waals surface area contributed by atoms with Crippen LogP contribution in [0.2, 0.25) is 0 Å². The van der Waals surface area contributed by atoms with Gasteiger partial charge >= 0.3 is 0 Å². The summed E-state index contributed by atoms with van der Waals surface area (Å²) >= 11 is 0. The number of morpholine rings is 1. The highest BCUT2D eigenvalue weighted by Gasteiger charge is 2.38. The quantitative estimate of drug-likeness (QED) is 0.903. The molecule has 2 bridgehead atoms. The van der Waals surface area contributed by atoms with Crippen LogP contribution in [0, 0.1) is 0 Å². The van der Waals surface area contributed by atoms with Gasteiger partial charge in [0.1, 0.15) is 0 Å². The number of nitrogens with zero attached hydrogens (tertiary/aromatic N) is 2. The molecular formula is C20H29N3O2. The van der Waals surface area contributed by atoms with Crippen LogP contribution >= 0.6 is 0 Å². The molecule has 0 radical (unpaired) electrons. The summed E-state index contributed by atoms with van der Waals surface area (Å²) in [6.45, 7) is 5.44. The summed E-state index contributed by atoms with van der Waals surface area (Å²) in [5.74, 6) is 0.294. The van der Waals surface area contributed by atoms with Gasteiger partial charge < -0.3 is 15.0 Å². The smallest absolute Gasteiger partial charge is 0.225 e. The second-order valence-electron chi connectivity index (χ2n) is 7.60. The van der Waals surface area contributed by atoms with Crippen LogP contribution in [-0.4, -0.2) is 66.7 Å². The molecule has 0 aliphatic carbocycles. The second-order valence-corrected chi connectivity index (χ2v) is 7.60. The molecule has 3 aliphatic rings. The molecule has 3 unspecified atom stereocenters. The van der Waals surface area contributed by atoms with Crippen LogP contribution in [0.4, 0.5) is 0 Å². The van der Waals surface area contributed by atoms with Gasteiger partial charge in [-0.1, -0.05) is 30.3 Å². The fourth-order valence-electron chi connectivity index (χ4n) is 4.58. The van der Waals surface area contributed by atoms with Gasteiger partial charge in [-0.25, -0.2) is 0 Å². The van der Waals surface area contributed by atoms with E-state index in [1.165, 1.54) is 12.0 Å². The minimum absolute atomic E-state index is 0.0283. The molecule has 3 aliphatic heterocycles. The molecule has 3 atom stereocenters. The lowest BCUT2D eigenvalue weighted by molar-refractivity contribution is -0.138. The van der Waals surface area contributed by atoms with Gasteiger partial charge in [0.25, 0.3) is 0 Å². The van der Waals surface area contributed by atoms with Gasteiger partial charge in [-0.15, -0.1) is 0 Å². The van der Waals surface area contributed by atoms with Gasteiger partial charge in [0.2, 0.25) is 5.91 Å². The van der Waals surface area contributed by atoms with Gasteiger partial charge in [-0.05, 0) is 31.4 Å². The number of ether oxygens (including phenoxy) is 1. The van der Waals surface area contributed by atoms with Crippen LogP contribution in [0.1, 0.15) is 31.2 Å². The Hall–Kier alpha value is -1.43. The summed E-state index contributed by atoms with van der Waals surface area (Å²) in [7, 11) is 0. The number of carbonyl (C=O) groups is 1. The molecule has 1 aromatic rings. The normalized spacial score (nSPS) is 30.2. The van der Waals surface area contributed by atoms with E-state index in [-0.39, 0.29) is 6.10 Å². The predicted molar refractivity (Wildman–Crippen MR) is 97.2 cm³/mol. The lowest BCUT2D eigenvalue weighted by Crippen LogP contribution is -2.47. The Morgan fingerprint density at radius 1 is 1.16 bits per heavy atom. The molecule has 4 rings (SSSR count). The zero-order chi connectivity index (χ0) is 17.1. The number of fused-ring (bicyclic) bond motifs is 2. The van der Waals surface area contributed by atoms with E-state index in [9.17, 15) is 4.79 Å². The molecule has 0 spiro atoms. The number of amides is 1. The minimum Gasteiger partial charge on any atom is -0.375 e. The van der Waals surface area contributed by atoms with Crippen LogP contribution in [0.5, 0.6) is 0 Å². The first-order chi connectivity index (χ1) is 12.3. The first-order valence-corrected chi connectivity index (χ1v) is 9.69. The van der Waals surface area contributed by atoms with Crippen molar-refractivity contribution in [3.05, 3.63) is 35.9 Å². The van der Waals surface area contributed by atoms with E-state index >= 15 is 0 Å². The van der Waals surface area contributed by atoms with E-state index in [1.807, 2.05) is 0 Å². The summed E-state index contributed by atoms with van der Waals surface area (Å²) in [4.78, 5) is 17.5. The Labute approximate surface area is 150 Å². The van der Waals surface area contributed by atoms with E-state index < -0.39 is 0 Å². The second kappa shape index (κ2) is 7.85. The van der Waals surface area contributed by atoms with Crippen molar-refractivity contribution in [2.24, 2.45) is 0 Å². The minimum atomic E-state index is 0.0283. The number of hydrogen-bond donors (Lipinski definition) is 1. The van der Waals surface area contributed by atoms with Crippen molar-refractivity contribution >= 4 is 5.91 Å². The van der Waals surface area contributed by atoms with Crippen LogP contribution < -0.4 is 5.32 Å². The Bertz CT molecular complexity index is 566. The summed E-state index contributed by atoms with van der Waals surface area (Å²) in [6.07, 6.45) is 3.96. The maximum Gasteiger partial charge on any atom is 0.225 e. The van der Waals surface area contributed by atoms with E-state index in [2.05, 4.69) is 45.4 Å². The monoisotopic (exact) mass is 343 g/mol. The average Bonchev–Trinajstić information content (AvgIpc) is 2.89. The SMILES string of the molecule is O=C(CC1CN(Cc2ccccc2)CCO1)N1C2CCNCC1CC2. The fourth-order valence-corrected chi connectivity index (χ4v) is 4.58. The third-order valence-electron chi connectivity index (χ3n) is 5.82. The molecule has 5 nitrogen and oxygen atoms in total. The van der Waals surface area contributed by atoms with Crippen molar-refractivity contribution in [1.29, 1.82) is 0 Å². The topological polar surface area (TPSA) is 44.8 Å². The van der Waals surface area contributed by atoms with Crippen molar-refractivity contribution in [2.75, 3.05) is 32.8 Å². The highest BCUT2D eigenvalue weighted by atomic mass is 16.5. The van der Waals surface area contributed by atoms with E-state index in [0.717, 1.165) is 52.2 Å². The number of hydrogen-bond acceptors (Lipinski definition) is 4. The first-order valence-electron chi connectivity index (χ1n) is 9.69. The van der Waals surface area contributed by atoms with Gasteiger partial charge in [-0.2, -0.15) is 0 Å². The highest BCUT2D eigenvalue weighted by molar-refractivity contribution is 5.78. The third kappa shape index (κ3) is 4.05. The van der Waals surface area contributed by atoms with E-state index in [0.29, 0.717) is 24.4 Å². The maximum atomic E-state index is 12.9. The Kier molecular flexibility index (Phi) is 5.34. The van der Waals surface area contributed by atoms with Crippen LogP contribution in [0.25, 0.3) is 0 Å². The molecule has 136 valence electrons. The molecule has 0 aromatic heterocycles. The Balaban J connectivity index is 1.33. The molecule has 5 heteroatoms. The first kappa shape index (κ1) is 17.0. The zero-order valence-electron chi connectivity index (χ0n) is 14.9. The largest absolute Gasteiger partial charge is 0.375 e. The molecule has 1 amide bonds. The molecule has 1 aromatic carbocycles.